The van der Waals surface area contributed by atoms with E-state index in [0.717, 1.165) is 31.9 Å². The molecule has 0 amide bonds. The number of ether oxygens (including phenoxy) is 1. The Morgan fingerprint density at radius 2 is 1.91 bits per heavy atom. The quantitative estimate of drug-likeness (QED) is 0.804. The summed E-state index contributed by atoms with van der Waals surface area (Å²) in [5.74, 6) is 1.49. The second-order valence-corrected chi connectivity index (χ2v) is 6.50. The second-order valence-electron chi connectivity index (χ2n) is 6.06. The fourth-order valence-corrected chi connectivity index (χ4v) is 3.49. The second kappa shape index (κ2) is 5.49. The highest BCUT2D eigenvalue weighted by molar-refractivity contribution is 6.31. The number of nitrogens with zero attached hydrogens (tertiary/aromatic N) is 3. The topological polar surface area (TPSA) is 55.3 Å². The average molecular weight is 330 g/mol. The maximum absolute atomic E-state index is 12.5. The van der Waals surface area contributed by atoms with Crippen molar-refractivity contribution in [3.63, 3.8) is 0 Å². The lowest BCUT2D eigenvalue weighted by molar-refractivity contribution is 0.0230. The molecule has 2 aliphatic heterocycles. The molecule has 0 aliphatic carbocycles. The first kappa shape index (κ1) is 14.5. The number of rotatable bonds is 1. The van der Waals surface area contributed by atoms with E-state index in [1.807, 2.05) is 0 Å². The Hall–Kier alpha value is -2.14. The van der Waals surface area contributed by atoms with Gasteiger partial charge >= 0.3 is 0 Å². The summed E-state index contributed by atoms with van der Waals surface area (Å²) in [5, 5.41) is 0.563. The van der Waals surface area contributed by atoms with E-state index in [2.05, 4.69) is 14.9 Å². The van der Waals surface area contributed by atoms with Crippen LogP contribution < -0.4 is 9.64 Å². The Kier molecular flexibility index (Phi) is 3.45. The van der Waals surface area contributed by atoms with Crippen LogP contribution in [-0.4, -0.2) is 34.4 Å². The number of piperidine rings is 1. The monoisotopic (exact) mass is 329 g/mol. The zero-order valence-electron chi connectivity index (χ0n) is 12.5. The molecule has 1 aromatic heterocycles. The molecule has 5 nitrogen and oxygen atoms in total. The van der Waals surface area contributed by atoms with Gasteiger partial charge in [0.05, 0.1) is 12.0 Å². The normalized spacial score (nSPS) is 19.3. The van der Waals surface area contributed by atoms with Crippen molar-refractivity contribution in [2.24, 2.45) is 0 Å². The van der Waals surface area contributed by atoms with Gasteiger partial charge in [0.1, 0.15) is 11.4 Å². The van der Waals surface area contributed by atoms with E-state index in [9.17, 15) is 4.79 Å². The molecule has 3 heterocycles. The minimum Gasteiger partial charge on any atom is -0.486 e. The van der Waals surface area contributed by atoms with Crippen molar-refractivity contribution in [1.29, 1.82) is 0 Å². The largest absolute Gasteiger partial charge is 0.486 e. The molecule has 0 unspecified atom stereocenters. The molecule has 118 valence electrons. The minimum absolute atomic E-state index is 0.109. The lowest BCUT2D eigenvalue weighted by atomic mass is 9.82. The standard InChI is InChI=1S/C17H16ClN3O2/c18-12-2-3-15-13(10-12)14(22)11-17(23-15)4-8-21(9-5-17)16-19-6-1-7-20-16/h1-3,6-7,10H,4-5,8-9,11H2. The first-order valence-corrected chi connectivity index (χ1v) is 8.07. The summed E-state index contributed by atoms with van der Waals surface area (Å²) in [6.07, 6.45) is 5.45. The summed E-state index contributed by atoms with van der Waals surface area (Å²) in [6.45, 7) is 1.56. The van der Waals surface area contributed by atoms with Crippen LogP contribution in [0.15, 0.2) is 36.7 Å². The van der Waals surface area contributed by atoms with Gasteiger partial charge in [-0.05, 0) is 24.3 Å². The van der Waals surface area contributed by atoms with Crippen LogP contribution in [0.5, 0.6) is 5.75 Å². The molecule has 23 heavy (non-hydrogen) atoms. The van der Waals surface area contributed by atoms with Crippen molar-refractivity contribution in [1.82, 2.24) is 9.97 Å². The Morgan fingerprint density at radius 1 is 1.17 bits per heavy atom. The molecule has 1 fully saturated rings. The third-order valence-electron chi connectivity index (χ3n) is 4.56. The maximum atomic E-state index is 12.5. The number of hydrogen-bond donors (Lipinski definition) is 0. The summed E-state index contributed by atoms with van der Waals surface area (Å²) in [5.41, 5.74) is 0.181. The van der Waals surface area contributed by atoms with Gasteiger partial charge in [-0.2, -0.15) is 0 Å². The van der Waals surface area contributed by atoms with E-state index in [1.165, 1.54) is 0 Å². The predicted molar refractivity (Wildman–Crippen MR) is 87.2 cm³/mol. The highest BCUT2D eigenvalue weighted by atomic mass is 35.5. The summed E-state index contributed by atoms with van der Waals surface area (Å²) in [7, 11) is 0. The van der Waals surface area contributed by atoms with Gasteiger partial charge in [-0.3, -0.25) is 4.79 Å². The molecule has 0 radical (unpaired) electrons. The number of aromatic nitrogens is 2. The van der Waals surface area contributed by atoms with E-state index >= 15 is 0 Å². The van der Waals surface area contributed by atoms with Crippen LogP contribution in [0.1, 0.15) is 29.6 Å². The van der Waals surface area contributed by atoms with Crippen LogP contribution in [0.25, 0.3) is 0 Å². The molecule has 0 bridgehead atoms. The molecule has 4 rings (SSSR count). The molecule has 0 N–H and O–H groups in total. The van der Waals surface area contributed by atoms with Crippen LogP contribution in [0.2, 0.25) is 5.02 Å². The fourth-order valence-electron chi connectivity index (χ4n) is 3.31. The van der Waals surface area contributed by atoms with Crippen LogP contribution in [0, 0.1) is 0 Å². The summed E-state index contributed by atoms with van der Waals surface area (Å²) < 4.78 is 6.22. The minimum atomic E-state index is -0.413. The average Bonchev–Trinajstić information content (AvgIpc) is 2.57. The number of halogens is 1. The van der Waals surface area contributed by atoms with Gasteiger partial charge in [-0.1, -0.05) is 11.6 Å². The Labute approximate surface area is 139 Å². The lowest BCUT2D eigenvalue weighted by Crippen LogP contribution is -2.51. The van der Waals surface area contributed by atoms with E-state index in [4.69, 9.17) is 16.3 Å². The van der Waals surface area contributed by atoms with Gasteiger partial charge in [0.25, 0.3) is 0 Å². The number of carbonyl (C=O) groups excluding carboxylic acids is 1. The number of fused-ring (bicyclic) bond motifs is 1. The molecule has 0 saturated carbocycles. The Morgan fingerprint density at radius 3 is 2.65 bits per heavy atom. The summed E-state index contributed by atoms with van der Waals surface area (Å²) in [6, 6.07) is 7.06. The van der Waals surface area contributed by atoms with Gasteiger partial charge in [0, 0.05) is 43.3 Å². The number of Topliss-reactive ketones (excluding diaryl/α,β-unsaturated/α-hetero) is 1. The molecule has 1 saturated heterocycles. The van der Waals surface area contributed by atoms with Crippen LogP contribution in [-0.2, 0) is 0 Å². The molecule has 1 spiro atoms. The SMILES string of the molecule is O=C1CC2(CCN(c3ncccn3)CC2)Oc2ccc(Cl)cc21. The fraction of sp³-hybridized carbons (Fsp3) is 0.353. The molecule has 1 aromatic carbocycles. The number of hydrogen-bond acceptors (Lipinski definition) is 5. The third kappa shape index (κ3) is 2.65. The maximum Gasteiger partial charge on any atom is 0.225 e. The Balaban J connectivity index is 1.54. The predicted octanol–water partition coefficient (Wildman–Crippen LogP) is 3.13. The van der Waals surface area contributed by atoms with E-state index in [0.29, 0.717) is 22.8 Å². The number of carbonyl (C=O) groups is 1. The van der Waals surface area contributed by atoms with E-state index in [1.54, 1.807) is 36.7 Å². The van der Waals surface area contributed by atoms with Crippen molar-refractivity contribution in [3.8, 4) is 5.75 Å². The highest BCUT2D eigenvalue weighted by Gasteiger charge is 2.43. The summed E-state index contributed by atoms with van der Waals surface area (Å²) >= 11 is 5.98. The van der Waals surface area contributed by atoms with Crippen molar-refractivity contribution >= 4 is 23.3 Å². The zero-order valence-corrected chi connectivity index (χ0v) is 13.3. The third-order valence-corrected chi connectivity index (χ3v) is 4.80. The van der Waals surface area contributed by atoms with Gasteiger partial charge < -0.3 is 9.64 Å². The number of benzene rings is 1. The van der Waals surface area contributed by atoms with Gasteiger partial charge in [0.15, 0.2) is 5.78 Å². The molecule has 2 aliphatic rings. The van der Waals surface area contributed by atoms with Crippen molar-refractivity contribution < 1.29 is 9.53 Å². The summed E-state index contributed by atoms with van der Waals surface area (Å²) in [4.78, 5) is 23.2. The first-order valence-electron chi connectivity index (χ1n) is 7.69. The van der Waals surface area contributed by atoms with E-state index in [-0.39, 0.29) is 5.78 Å². The first-order chi connectivity index (χ1) is 11.2. The van der Waals surface area contributed by atoms with Gasteiger partial charge in [0.2, 0.25) is 5.95 Å². The van der Waals surface area contributed by atoms with Crippen LogP contribution in [0.4, 0.5) is 5.95 Å². The number of anilines is 1. The molecular formula is C17H16ClN3O2. The zero-order chi connectivity index (χ0) is 15.9. The molecule has 0 atom stereocenters. The lowest BCUT2D eigenvalue weighted by Gasteiger charge is -2.43. The Bertz CT molecular complexity index is 743. The van der Waals surface area contributed by atoms with Crippen molar-refractivity contribution in [2.75, 3.05) is 18.0 Å². The molecular weight excluding hydrogens is 314 g/mol. The highest BCUT2D eigenvalue weighted by Crippen LogP contribution is 2.40. The molecule has 2 aromatic rings. The molecule has 6 heteroatoms. The number of ketones is 1. The smallest absolute Gasteiger partial charge is 0.225 e. The van der Waals surface area contributed by atoms with Crippen molar-refractivity contribution in [2.45, 2.75) is 24.9 Å². The van der Waals surface area contributed by atoms with E-state index < -0.39 is 5.60 Å². The van der Waals surface area contributed by atoms with Gasteiger partial charge in [-0.15, -0.1) is 0 Å². The van der Waals surface area contributed by atoms with Crippen LogP contribution >= 0.6 is 11.6 Å². The van der Waals surface area contributed by atoms with Crippen LogP contribution in [0.3, 0.4) is 0 Å². The van der Waals surface area contributed by atoms with Crippen molar-refractivity contribution in [3.05, 3.63) is 47.2 Å². The van der Waals surface area contributed by atoms with Gasteiger partial charge in [-0.25, -0.2) is 9.97 Å².